The van der Waals surface area contributed by atoms with Crippen molar-refractivity contribution >= 4 is 12.3 Å². The van der Waals surface area contributed by atoms with Gasteiger partial charge in [0.05, 0.1) is 14.2 Å². The number of hydrogen-bond acceptors (Lipinski definition) is 7. The molecule has 0 saturated carbocycles. The standard InChI is InChI=1S/C16H14O7/c1-19-11-3-7-13(8-4-11)21-15(17)23-16(18)22-14-9-5-12(20-2)6-10-14/h3-10H,1-2H3. The summed E-state index contributed by atoms with van der Waals surface area (Å²) >= 11 is 0. The third-order valence-corrected chi connectivity index (χ3v) is 2.69. The monoisotopic (exact) mass is 318 g/mol. The largest absolute Gasteiger partial charge is 0.524 e. The van der Waals surface area contributed by atoms with Crippen LogP contribution in [0.1, 0.15) is 0 Å². The number of benzene rings is 2. The summed E-state index contributed by atoms with van der Waals surface area (Å²) in [4.78, 5) is 22.9. The van der Waals surface area contributed by atoms with Gasteiger partial charge in [0, 0.05) is 0 Å². The minimum Gasteiger partial charge on any atom is -0.497 e. The van der Waals surface area contributed by atoms with E-state index in [1.54, 1.807) is 24.3 Å². The summed E-state index contributed by atoms with van der Waals surface area (Å²) in [6.45, 7) is 0. The van der Waals surface area contributed by atoms with Crippen LogP contribution in [0.3, 0.4) is 0 Å². The molecule has 0 heterocycles. The van der Waals surface area contributed by atoms with Crippen LogP contribution in [-0.2, 0) is 4.74 Å². The van der Waals surface area contributed by atoms with Gasteiger partial charge in [-0.05, 0) is 48.5 Å². The number of carbonyl (C=O) groups excluding carboxylic acids is 2. The van der Waals surface area contributed by atoms with Crippen molar-refractivity contribution in [3.05, 3.63) is 48.5 Å². The Morgan fingerprint density at radius 3 is 1.22 bits per heavy atom. The van der Waals surface area contributed by atoms with Gasteiger partial charge < -0.3 is 23.7 Å². The third kappa shape index (κ3) is 4.92. The predicted octanol–water partition coefficient (Wildman–Crippen LogP) is 3.42. The number of hydrogen-bond donors (Lipinski definition) is 0. The van der Waals surface area contributed by atoms with Gasteiger partial charge >= 0.3 is 12.3 Å². The van der Waals surface area contributed by atoms with E-state index >= 15 is 0 Å². The topological polar surface area (TPSA) is 80.3 Å². The first-order valence-electron chi connectivity index (χ1n) is 6.50. The highest BCUT2D eigenvalue weighted by Crippen LogP contribution is 2.19. The second-order valence-electron chi connectivity index (χ2n) is 4.16. The Balaban J connectivity index is 1.84. The summed E-state index contributed by atoms with van der Waals surface area (Å²) in [7, 11) is 3.03. The van der Waals surface area contributed by atoms with Crippen molar-refractivity contribution in [2.24, 2.45) is 0 Å². The van der Waals surface area contributed by atoms with Crippen LogP contribution in [0.25, 0.3) is 0 Å². The number of ether oxygens (including phenoxy) is 5. The minimum atomic E-state index is -1.20. The minimum absolute atomic E-state index is 0.202. The highest BCUT2D eigenvalue weighted by molar-refractivity contribution is 5.79. The first-order chi connectivity index (χ1) is 11.1. The van der Waals surface area contributed by atoms with Crippen molar-refractivity contribution in [1.29, 1.82) is 0 Å². The van der Waals surface area contributed by atoms with E-state index in [-0.39, 0.29) is 11.5 Å². The molecule has 0 bridgehead atoms. The van der Waals surface area contributed by atoms with E-state index < -0.39 is 12.3 Å². The van der Waals surface area contributed by atoms with Crippen molar-refractivity contribution in [2.45, 2.75) is 0 Å². The zero-order chi connectivity index (χ0) is 16.7. The van der Waals surface area contributed by atoms with E-state index in [2.05, 4.69) is 4.74 Å². The quantitative estimate of drug-likeness (QED) is 0.485. The molecule has 7 nitrogen and oxygen atoms in total. The lowest BCUT2D eigenvalue weighted by atomic mass is 10.3. The number of methoxy groups -OCH3 is 2. The molecular formula is C16H14O7. The molecule has 0 aromatic heterocycles. The summed E-state index contributed by atoms with van der Waals surface area (Å²) in [5.74, 6) is 1.61. The molecule has 7 heteroatoms. The van der Waals surface area contributed by atoms with Gasteiger partial charge in [0.2, 0.25) is 0 Å². The molecule has 2 aromatic rings. The van der Waals surface area contributed by atoms with Gasteiger partial charge in [-0.1, -0.05) is 0 Å². The van der Waals surface area contributed by atoms with Gasteiger partial charge in [0.15, 0.2) is 0 Å². The Bertz CT molecular complexity index is 602. The average molecular weight is 318 g/mol. The van der Waals surface area contributed by atoms with Crippen LogP contribution in [0, 0.1) is 0 Å². The molecule has 0 saturated heterocycles. The lowest BCUT2D eigenvalue weighted by molar-refractivity contribution is 0.0895. The molecule has 120 valence electrons. The number of carbonyl (C=O) groups is 2. The molecule has 0 aliphatic carbocycles. The van der Waals surface area contributed by atoms with Crippen LogP contribution >= 0.6 is 0 Å². The summed E-state index contributed by atoms with van der Waals surface area (Å²) in [5.41, 5.74) is 0. The Morgan fingerprint density at radius 1 is 0.609 bits per heavy atom. The van der Waals surface area contributed by atoms with E-state index in [1.165, 1.54) is 38.5 Å². The van der Waals surface area contributed by atoms with Gasteiger partial charge in [-0.3, -0.25) is 0 Å². The molecule has 0 radical (unpaired) electrons. The SMILES string of the molecule is COc1ccc(OC(=O)OC(=O)Oc2ccc(OC)cc2)cc1. The van der Waals surface area contributed by atoms with Gasteiger partial charge in [-0.2, -0.15) is 0 Å². The van der Waals surface area contributed by atoms with E-state index in [1.807, 2.05) is 0 Å². The summed E-state index contributed by atoms with van der Waals surface area (Å²) < 4.78 is 24.0. The van der Waals surface area contributed by atoms with Crippen LogP contribution in [0.4, 0.5) is 9.59 Å². The average Bonchev–Trinajstić information content (AvgIpc) is 2.56. The highest BCUT2D eigenvalue weighted by Gasteiger charge is 2.15. The maximum Gasteiger partial charge on any atom is 0.524 e. The zero-order valence-electron chi connectivity index (χ0n) is 12.5. The van der Waals surface area contributed by atoms with E-state index in [9.17, 15) is 9.59 Å². The Morgan fingerprint density at radius 2 is 0.913 bits per heavy atom. The van der Waals surface area contributed by atoms with Gasteiger partial charge in [-0.25, -0.2) is 9.59 Å². The Kier molecular flexibility index (Phi) is 5.40. The van der Waals surface area contributed by atoms with Crippen molar-refractivity contribution in [2.75, 3.05) is 14.2 Å². The second-order valence-corrected chi connectivity index (χ2v) is 4.16. The molecule has 2 rings (SSSR count). The molecular weight excluding hydrogens is 304 g/mol. The lowest BCUT2D eigenvalue weighted by Crippen LogP contribution is -2.19. The normalized spacial score (nSPS) is 9.65. The molecule has 0 unspecified atom stereocenters. The fourth-order valence-corrected chi connectivity index (χ4v) is 1.59. The third-order valence-electron chi connectivity index (χ3n) is 2.69. The highest BCUT2D eigenvalue weighted by atomic mass is 16.8. The van der Waals surface area contributed by atoms with Gasteiger partial charge in [0.25, 0.3) is 0 Å². The van der Waals surface area contributed by atoms with Crippen LogP contribution in [-0.4, -0.2) is 26.5 Å². The first kappa shape index (κ1) is 16.2. The van der Waals surface area contributed by atoms with E-state index in [0.29, 0.717) is 11.5 Å². The maximum atomic E-state index is 11.5. The van der Waals surface area contributed by atoms with Crippen molar-refractivity contribution < 1.29 is 33.3 Å². The predicted molar refractivity (Wildman–Crippen MR) is 79.1 cm³/mol. The molecule has 0 amide bonds. The van der Waals surface area contributed by atoms with Crippen molar-refractivity contribution in [3.8, 4) is 23.0 Å². The van der Waals surface area contributed by atoms with Crippen LogP contribution < -0.4 is 18.9 Å². The molecule has 2 aromatic carbocycles. The van der Waals surface area contributed by atoms with Crippen LogP contribution in [0.5, 0.6) is 23.0 Å². The molecule has 23 heavy (non-hydrogen) atoms. The Hall–Kier alpha value is -3.22. The first-order valence-corrected chi connectivity index (χ1v) is 6.50. The summed E-state index contributed by atoms with van der Waals surface area (Å²) in [5, 5.41) is 0. The van der Waals surface area contributed by atoms with Crippen LogP contribution in [0.2, 0.25) is 0 Å². The molecule has 0 fully saturated rings. The van der Waals surface area contributed by atoms with Gasteiger partial charge in [0.1, 0.15) is 23.0 Å². The Labute approximate surface area is 132 Å². The number of rotatable bonds is 4. The summed E-state index contributed by atoms with van der Waals surface area (Å²) in [6, 6.07) is 12.4. The van der Waals surface area contributed by atoms with Crippen molar-refractivity contribution in [1.82, 2.24) is 0 Å². The molecule has 0 aliphatic rings. The zero-order valence-corrected chi connectivity index (χ0v) is 12.5. The van der Waals surface area contributed by atoms with E-state index in [0.717, 1.165) is 0 Å². The molecule has 0 aliphatic heterocycles. The fourth-order valence-electron chi connectivity index (χ4n) is 1.59. The molecule has 0 N–H and O–H groups in total. The van der Waals surface area contributed by atoms with E-state index in [4.69, 9.17) is 18.9 Å². The summed E-state index contributed by atoms with van der Waals surface area (Å²) in [6.07, 6.45) is -2.40. The van der Waals surface area contributed by atoms with Crippen molar-refractivity contribution in [3.63, 3.8) is 0 Å². The fraction of sp³-hybridized carbons (Fsp3) is 0.125. The van der Waals surface area contributed by atoms with Gasteiger partial charge in [-0.15, -0.1) is 0 Å². The van der Waals surface area contributed by atoms with Crippen LogP contribution in [0.15, 0.2) is 48.5 Å². The maximum absolute atomic E-state index is 11.5. The smallest absolute Gasteiger partial charge is 0.497 e. The lowest BCUT2D eigenvalue weighted by Gasteiger charge is -2.06. The second kappa shape index (κ2) is 7.69. The molecule has 0 atom stereocenters. The molecule has 0 spiro atoms.